The van der Waals surface area contributed by atoms with E-state index < -0.39 is 0 Å². The Morgan fingerprint density at radius 3 is 2.88 bits per heavy atom. The van der Waals surface area contributed by atoms with Gasteiger partial charge in [-0.2, -0.15) is 0 Å². The molecule has 2 saturated heterocycles. The molecule has 6 nitrogen and oxygen atoms in total. The zero-order valence-electron chi connectivity index (χ0n) is 14.2. The summed E-state index contributed by atoms with van der Waals surface area (Å²) in [5.41, 5.74) is 1.49. The lowest BCUT2D eigenvalue weighted by molar-refractivity contribution is -0.117. The molecule has 0 N–H and O–H groups in total. The van der Waals surface area contributed by atoms with Crippen LogP contribution in [-0.4, -0.2) is 45.9 Å². The van der Waals surface area contributed by atoms with Crippen molar-refractivity contribution in [2.24, 2.45) is 0 Å². The fourth-order valence-electron chi connectivity index (χ4n) is 3.78. The van der Waals surface area contributed by atoms with Gasteiger partial charge in [0.2, 0.25) is 5.91 Å². The Bertz CT molecular complexity index is 771. The van der Waals surface area contributed by atoms with Crippen LogP contribution in [0.3, 0.4) is 0 Å². The topological polar surface area (TPSA) is 58.4 Å². The van der Waals surface area contributed by atoms with Crippen LogP contribution in [0.2, 0.25) is 0 Å². The number of likely N-dealkylation sites (tertiary alicyclic amines) is 1. The summed E-state index contributed by atoms with van der Waals surface area (Å²) in [5, 5.41) is 0. The maximum absolute atomic E-state index is 13.0. The first-order valence-electron chi connectivity index (χ1n) is 8.89. The summed E-state index contributed by atoms with van der Waals surface area (Å²) < 4.78 is 2.08. The SMILES string of the molecule is O=C(c1cccc(N2CCCC2=O)c1)N1CCC[C@H](n2ccnc2)C1. The Balaban J connectivity index is 1.51. The predicted octanol–water partition coefficient (Wildman–Crippen LogP) is 2.49. The van der Waals surface area contributed by atoms with Crippen LogP contribution in [0.1, 0.15) is 42.1 Å². The van der Waals surface area contributed by atoms with E-state index in [1.807, 2.05) is 41.7 Å². The maximum Gasteiger partial charge on any atom is 0.253 e. The third-order valence-corrected chi connectivity index (χ3v) is 5.11. The monoisotopic (exact) mass is 338 g/mol. The Hall–Kier alpha value is -2.63. The van der Waals surface area contributed by atoms with Crippen molar-refractivity contribution in [3.63, 3.8) is 0 Å². The number of carbonyl (C=O) groups excluding carboxylic acids is 2. The normalized spacial score (nSPS) is 21.0. The van der Waals surface area contributed by atoms with Crippen LogP contribution < -0.4 is 4.90 Å². The molecule has 2 aromatic rings. The number of anilines is 1. The average Bonchev–Trinajstić information content (AvgIpc) is 3.33. The largest absolute Gasteiger partial charge is 0.337 e. The van der Waals surface area contributed by atoms with Crippen LogP contribution in [0.25, 0.3) is 0 Å². The third-order valence-electron chi connectivity index (χ3n) is 5.11. The van der Waals surface area contributed by atoms with Crippen molar-refractivity contribution in [3.05, 3.63) is 48.5 Å². The fraction of sp³-hybridized carbons (Fsp3) is 0.421. The molecule has 2 fully saturated rings. The van der Waals surface area contributed by atoms with Crippen molar-refractivity contribution < 1.29 is 9.59 Å². The minimum absolute atomic E-state index is 0.0401. The molecule has 1 atom stereocenters. The number of aromatic nitrogens is 2. The summed E-state index contributed by atoms with van der Waals surface area (Å²) in [6, 6.07) is 7.75. The molecule has 130 valence electrons. The number of carbonyl (C=O) groups is 2. The highest BCUT2D eigenvalue weighted by atomic mass is 16.2. The molecule has 0 bridgehead atoms. The van der Waals surface area contributed by atoms with E-state index >= 15 is 0 Å². The Kier molecular flexibility index (Phi) is 4.26. The molecule has 0 spiro atoms. The van der Waals surface area contributed by atoms with Crippen LogP contribution in [0.5, 0.6) is 0 Å². The van der Waals surface area contributed by atoms with Gasteiger partial charge in [-0.15, -0.1) is 0 Å². The summed E-state index contributed by atoms with van der Waals surface area (Å²) >= 11 is 0. The minimum atomic E-state index is 0.0401. The van der Waals surface area contributed by atoms with Crippen molar-refractivity contribution in [1.82, 2.24) is 14.5 Å². The molecule has 0 unspecified atom stereocenters. The number of rotatable bonds is 3. The second kappa shape index (κ2) is 6.70. The second-order valence-corrected chi connectivity index (χ2v) is 6.76. The molecular weight excluding hydrogens is 316 g/mol. The van der Waals surface area contributed by atoms with Crippen molar-refractivity contribution in [2.45, 2.75) is 31.7 Å². The zero-order chi connectivity index (χ0) is 17.2. The molecule has 3 heterocycles. The van der Waals surface area contributed by atoms with Gasteiger partial charge in [0.25, 0.3) is 5.91 Å². The van der Waals surface area contributed by atoms with Crippen LogP contribution >= 0.6 is 0 Å². The molecule has 25 heavy (non-hydrogen) atoms. The lowest BCUT2D eigenvalue weighted by Crippen LogP contribution is -2.40. The highest BCUT2D eigenvalue weighted by molar-refractivity contribution is 5.99. The van der Waals surface area contributed by atoms with E-state index in [1.54, 1.807) is 11.1 Å². The number of benzene rings is 1. The highest BCUT2D eigenvalue weighted by Gasteiger charge is 2.27. The van der Waals surface area contributed by atoms with Gasteiger partial charge < -0.3 is 14.4 Å². The summed E-state index contributed by atoms with van der Waals surface area (Å²) in [7, 11) is 0. The Labute approximate surface area is 147 Å². The Morgan fingerprint density at radius 1 is 1.20 bits per heavy atom. The molecule has 2 aliphatic heterocycles. The molecule has 1 aromatic heterocycles. The van der Waals surface area contributed by atoms with Gasteiger partial charge in [0.05, 0.1) is 12.4 Å². The summed E-state index contributed by atoms with van der Waals surface area (Å²) in [4.78, 5) is 32.7. The van der Waals surface area contributed by atoms with E-state index in [0.717, 1.165) is 38.0 Å². The first-order chi connectivity index (χ1) is 12.2. The summed E-state index contributed by atoms with van der Waals surface area (Å²) in [6.07, 6.45) is 9.07. The van der Waals surface area contributed by atoms with Gasteiger partial charge in [0, 0.05) is 49.7 Å². The number of imidazole rings is 1. The van der Waals surface area contributed by atoms with Gasteiger partial charge in [0.15, 0.2) is 0 Å². The second-order valence-electron chi connectivity index (χ2n) is 6.76. The molecular formula is C19H22N4O2. The van der Waals surface area contributed by atoms with E-state index in [2.05, 4.69) is 9.55 Å². The summed E-state index contributed by atoms with van der Waals surface area (Å²) in [5.74, 6) is 0.182. The predicted molar refractivity (Wildman–Crippen MR) is 94.4 cm³/mol. The van der Waals surface area contributed by atoms with Gasteiger partial charge in [-0.05, 0) is 37.5 Å². The Morgan fingerprint density at radius 2 is 2.12 bits per heavy atom. The summed E-state index contributed by atoms with van der Waals surface area (Å²) in [6.45, 7) is 2.21. The van der Waals surface area contributed by atoms with Crippen molar-refractivity contribution in [3.8, 4) is 0 Å². The number of hydrogen-bond donors (Lipinski definition) is 0. The van der Waals surface area contributed by atoms with Gasteiger partial charge in [-0.3, -0.25) is 9.59 Å². The van der Waals surface area contributed by atoms with Gasteiger partial charge in [-0.1, -0.05) is 6.07 Å². The smallest absolute Gasteiger partial charge is 0.253 e. The van der Waals surface area contributed by atoms with Crippen LogP contribution in [0, 0.1) is 0 Å². The van der Waals surface area contributed by atoms with E-state index in [1.165, 1.54) is 0 Å². The van der Waals surface area contributed by atoms with Gasteiger partial charge in [0.1, 0.15) is 0 Å². The standard InChI is InChI=1S/C19H22N4O2/c24-18-7-3-10-23(18)16-5-1-4-15(12-16)19(25)21-9-2-6-17(13-21)22-11-8-20-14-22/h1,4-5,8,11-12,14,17H,2-3,6-7,9-10,13H2/t17-/m0/s1. The van der Waals surface area contributed by atoms with E-state index in [0.29, 0.717) is 18.5 Å². The molecule has 0 radical (unpaired) electrons. The molecule has 0 aliphatic carbocycles. The van der Waals surface area contributed by atoms with E-state index in [-0.39, 0.29) is 17.9 Å². The first-order valence-corrected chi connectivity index (χ1v) is 8.89. The zero-order valence-corrected chi connectivity index (χ0v) is 14.2. The number of piperidine rings is 1. The molecule has 4 rings (SSSR count). The molecule has 2 amide bonds. The first kappa shape index (κ1) is 15.9. The third kappa shape index (κ3) is 3.16. The van der Waals surface area contributed by atoms with Crippen LogP contribution in [0.4, 0.5) is 5.69 Å². The van der Waals surface area contributed by atoms with Crippen LogP contribution in [-0.2, 0) is 4.79 Å². The van der Waals surface area contributed by atoms with E-state index in [4.69, 9.17) is 0 Å². The lowest BCUT2D eigenvalue weighted by atomic mass is 10.0. The number of amides is 2. The number of hydrogen-bond acceptors (Lipinski definition) is 3. The van der Waals surface area contributed by atoms with Crippen molar-refractivity contribution in [2.75, 3.05) is 24.5 Å². The maximum atomic E-state index is 13.0. The van der Waals surface area contributed by atoms with Gasteiger partial charge in [-0.25, -0.2) is 4.98 Å². The number of nitrogens with zero attached hydrogens (tertiary/aromatic N) is 4. The van der Waals surface area contributed by atoms with Crippen LogP contribution in [0.15, 0.2) is 43.0 Å². The minimum Gasteiger partial charge on any atom is -0.337 e. The molecule has 1 aromatic carbocycles. The molecule has 6 heteroatoms. The van der Waals surface area contributed by atoms with Gasteiger partial charge >= 0.3 is 0 Å². The van der Waals surface area contributed by atoms with Crippen molar-refractivity contribution >= 4 is 17.5 Å². The molecule has 0 saturated carbocycles. The lowest BCUT2D eigenvalue weighted by Gasteiger charge is -2.33. The quantitative estimate of drug-likeness (QED) is 0.864. The molecule has 2 aliphatic rings. The van der Waals surface area contributed by atoms with Crippen molar-refractivity contribution in [1.29, 1.82) is 0 Å². The van der Waals surface area contributed by atoms with E-state index in [9.17, 15) is 9.59 Å². The fourth-order valence-corrected chi connectivity index (χ4v) is 3.78. The average molecular weight is 338 g/mol. The highest BCUT2D eigenvalue weighted by Crippen LogP contribution is 2.25.